The monoisotopic (exact) mass is 418 g/mol. The highest BCUT2D eigenvalue weighted by Crippen LogP contribution is 2.28. The molecule has 0 saturated carbocycles. The number of carbonyl (C=O) groups is 1. The van der Waals surface area contributed by atoms with Crippen molar-refractivity contribution in [2.75, 3.05) is 45.8 Å². The number of benzene rings is 1. The van der Waals surface area contributed by atoms with Gasteiger partial charge < -0.3 is 14.3 Å². The number of esters is 1. The van der Waals surface area contributed by atoms with E-state index in [0.29, 0.717) is 19.6 Å². The molecule has 7 heteroatoms. The molecule has 0 aliphatic carbocycles. The second-order valence-corrected chi connectivity index (χ2v) is 7.66. The molecule has 0 radical (unpaired) electrons. The largest absolute Gasteiger partial charge is 0.459 e. The van der Waals surface area contributed by atoms with Crippen LogP contribution in [0.15, 0.2) is 59.6 Å². The topological polar surface area (TPSA) is 60.4 Å². The van der Waals surface area contributed by atoms with Crippen LogP contribution in [0.1, 0.15) is 18.9 Å². The fourth-order valence-electron chi connectivity index (χ4n) is 3.27. The van der Waals surface area contributed by atoms with Gasteiger partial charge in [-0.05, 0) is 31.7 Å². The minimum Gasteiger partial charge on any atom is -0.459 e. The average Bonchev–Trinajstić information content (AvgIpc) is 2.76. The molecule has 1 aliphatic heterocycles. The third-order valence-corrected chi connectivity index (χ3v) is 5.57. The molecule has 1 aromatic carbocycles. The summed E-state index contributed by atoms with van der Waals surface area (Å²) in [6.45, 7) is 12.4. The van der Waals surface area contributed by atoms with E-state index in [0.717, 1.165) is 24.4 Å². The maximum absolute atomic E-state index is 11.8. The summed E-state index contributed by atoms with van der Waals surface area (Å²) in [6.07, 6.45) is 6.12. The Hall–Kier alpha value is -2.09. The molecule has 1 aromatic rings. The van der Waals surface area contributed by atoms with Crippen molar-refractivity contribution in [3.05, 3.63) is 55.1 Å². The second-order valence-electron chi connectivity index (χ2n) is 6.78. The Bertz CT molecular complexity index is 714. The predicted octanol–water partition coefficient (Wildman–Crippen LogP) is 3.53. The highest BCUT2D eigenvalue weighted by molar-refractivity contribution is 7.98. The van der Waals surface area contributed by atoms with E-state index in [9.17, 15) is 4.79 Å². The van der Waals surface area contributed by atoms with Crippen LogP contribution >= 0.6 is 11.8 Å². The molecule has 0 amide bonds. The first-order chi connectivity index (χ1) is 14.0. The van der Waals surface area contributed by atoms with Gasteiger partial charge in [0.2, 0.25) is 6.61 Å². The molecule has 1 aliphatic rings. The molecular formula is C22H30N2O4S. The summed E-state index contributed by atoms with van der Waals surface area (Å²) in [7, 11) is 0. The Morgan fingerprint density at radius 1 is 1.28 bits per heavy atom. The summed E-state index contributed by atoms with van der Waals surface area (Å²) in [6, 6.07) is 8.18. The first kappa shape index (κ1) is 23.2. The lowest BCUT2D eigenvalue weighted by molar-refractivity contribution is -0.147. The van der Waals surface area contributed by atoms with Crippen LogP contribution in [-0.4, -0.2) is 67.9 Å². The minimum atomic E-state index is -0.484. The molecule has 1 unspecified atom stereocenters. The van der Waals surface area contributed by atoms with Crippen molar-refractivity contribution in [3.63, 3.8) is 0 Å². The maximum Gasteiger partial charge on any atom is 0.347 e. The Morgan fingerprint density at radius 2 is 1.97 bits per heavy atom. The molecule has 29 heavy (non-hydrogen) atoms. The van der Waals surface area contributed by atoms with Gasteiger partial charge in [-0.15, -0.1) is 18.3 Å². The zero-order chi connectivity index (χ0) is 21.1. The summed E-state index contributed by atoms with van der Waals surface area (Å²) in [4.78, 5) is 20.7. The number of carbonyl (C=O) groups excluding carboxylic acids is 1. The Kier molecular flexibility index (Phi) is 9.44. The van der Waals surface area contributed by atoms with Gasteiger partial charge in [0.15, 0.2) is 0 Å². The van der Waals surface area contributed by atoms with Gasteiger partial charge in [-0.25, -0.2) is 4.79 Å². The van der Waals surface area contributed by atoms with Gasteiger partial charge in [-0.1, -0.05) is 36.0 Å². The third kappa shape index (κ3) is 6.45. The molecule has 6 nitrogen and oxygen atoms in total. The number of nitrogens with zero attached hydrogens (tertiary/aromatic N) is 2. The zero-order valence-electron chi connectivity index (χ0n) is 17.3. The van der Waals surface area contributed by atoms with Crippen molar-refractivity contribution in [1.29, 1.82) is 0 Å². The summed E-state index contributed by atoms with van der Waals surface area (Å²) >= 11 is 1.68. The number of oxime groups is 1. The third-order valence-electron chi connectivity index (χ3n) is 4.82. The van der Waals surface area contributed by atoms with E-state index in [2.05, 4.69) is 42.3 Å². The molecule has 1 fully saturated rings. The van der Waals surface area contributed by atoms with Gasteiger partial charge in [-0.2, -0.15) is 0 Å². The number of ether oxygens (including phenoxy) is 2. The average molecular weight is 419 g/mol. The van der Waals surface area contributed by atoms with E-state index in [1.54, 1.807) is 11.8 Å². The first-order valence-corrected chi connectivity index (χ1v) is 10.8. The Labute approximate surface area is 177 Å². The molecule has 0 aromatic heterocycles. The molecule has 0 bridgehead atoms. The van der Waals surface area contributed by atoms with Gasteiger partial charge in [-0.3, -0.25) is 4.90 Å². The van der Waals surface area contributed by atoms with E-state index < -0.39 is 11.5 Å². The lowest BCUT2D eigenvalue weighted by atomic mass is 9.85. The predicted molar refractivity (Wildman–Crippen MR) is 117 cm³/mol. The van der Waals surface area contributed by atoms with Crippen LogP contribution in [0, 0.1) is 0 Å². The molecular weight excluding hydrogens is 388 g/mol. The number of hydrogen-bond acceptors (Lipinski definition) is 7. The first-order valence-electron chi connectivity index (χ1n) is 9.60. The zero-order valence-corrected chi connectivity index (χ0v) is 18.1. The summed E-state index contributed by atoms with van der Waals surface area (Å²) in [5, 5.41) is 4.42. The van der Waals surface area contributed by atoms with E-state index >= 15 is 0 Å². The quantitative estimate of drug-likeness (QED) is 0.180. The molecule has 1 saturated heterocycles. The van der Waals surface area contributed by atoms with Crippen molar-refractivity contribution in [1.82, 2.24) is 4.90 Å². The highest BCUT2D eigenvalue weighted by Gasteiger charge is 2.38. The Balaban J connectivity index is 2.34. The van der Waals surface area contributed by atoms with Crippen LogP contribution < -0.4 is 0 Å². The summed E-state index contributed by atoms with van der Waals surface area (Å²) < 4.78 is 10.5. The maximum atomic E-state index is 11.8. The molecule has 1 heterocycles. The molecule has 0 spiro atoms. The van der Waals surface area contributed by atoms with Gasteiger partial charge in [0.1, 0.15) is 12.3 Å². The van der Waals surface area contributed by atoms with Crippen LogP contribution in [0.2, 0.25) is 0 Å². The normalized spacial score (nSPS) is 17.2. The van der Waals surface area contributed by atoms with Crippen molar-refractivity contribution in [2.45, 2.75) is 23.8 Å². The van der Waals surface area contributed by atoms with E-state index in [1.165, 1.54) is 11.0 Å². The van der Waals surface area contributed by atoms with E-state index in [1.807, 2.05) is 24.5 Å². The van der Waals surface area contributed by atoms with Crippen molar-refractivity contribution >= 4 is 23.4 Å². The van der Waals surface area contributed by atoms with Gasteiger partial charge in [0.25, 0.3) is 0 Å². The minimum absolute atomic E-state index is 0.150. The molecule has 0 N–H and O–H groups in total. The molecule has 2 rings (SSSR count). The highest BCUT2D eigenvalue weighted by atomic mass is 32.2. The smallest absolute Gasteiger partial charge is 0.347 e. The van der Waals surface area contributed by atoms with Crippen molar-refractivity contribution < 1.29 is 19.1 Å². The number of morpholine rings is 1. The fraction of sp³-hybridized carbons (Fsp3) is 0.455. The van der Waals surface area contributed by atoms with Gasteiger partial charge in [0.05, 0.1) is 18.8 Å². The Morgan fingerprint density at radius 3 is 2.55 bits per heavy atom. The van der Waals surface area contributed by atoms with Crippen LogP contribution in [-0.2, 0) is 19.1 Å². The summed E-state index contributed by atoms with van der Waals surface area (Å²) in [5.74, 6) is -0.484. The second kappa shape index (κ2) is 11.8. The number of rotatable bonds is 11. The van der Waals surface area contributed by atoms with Crippen LogP contribution in [0.3, 0.4) is 0 Å². The lowest BCUT2D eigenvalue weighted by Crippen LogP contribution is -2.56. The van der Waals surface area contributed by atoms with Crippen LogP contribution in [0.4, 0.5) is 0 Å². The van der Waals surface area contributed by atoms with E-state index in [-0.39, 0.29) is 13.2 Å². The standard InChI is InChI=1S/C22H30N2O4S/c1-5-11-22(3,24-12-15-26-16-13-24)21(18-7-9-19(29-4)10-8-18)23-28-17-20(25)27-14-6-2/h5-10H,1-2,11-17H2,3-4H3. The van der Waals surface area contributed by atoms with Crippen LogP contribution in [0.25, 0.3) is 0 Å². The SMILES string of the molecule is C=CCOC(=O)CON=C(c1ccc(SC)cc1)C(C)(CC=C)N1CCOCC1. The van der Waals surface area contributed by atoms with E-state index in [4.69, 9.17) is 14.3 Å². The summed E-state index contributed by atoms with van der Waals surface area (Å²) in [5.41, 5.74) is 1.25. The molecule has 158 valence electrons. The molecule has 1 atom stereocenters. The number of thioether (sulfide) groups is 1. The number of hydrogen-bond donors (Lipinski definition) is 0. The van der Waals surface area contributed by atoms with Gasteiger partial charge >= 0.3 is 5.97 Å². The van der Waals surface area contributed by atoms with Crippen molar-refractivity contribution in [2.24, 2.45) is 5.16 Å². The lowest BCUT2D eigenvalue weighted by Gasteiger charge is -2.43. The fourth-order valence-corrected chi connectivity index (χ4v) is 3.68. The van der Waals surface area contributed by atoms with Gasteiger partial charge in [0, 0.05) is 23.5 Å². The van der Waals surface area contributed by atoms with Crippen molar-refractivity contribution in [3.8, 4) is 0 Å². The van der Waals surface area contributed by atoms with Crippen LogP contribution in [0.5, 0.6) is 0 Å².